The van der Waals surface area contributed by atoms with Gasteiger partial charge >= 0.3 is 0 Å². The lowest BCUT2D eigenvalue weighted by atomic mass is 10.1. The third kappa shape index (κ3) is 4.65. The van der Waals surface area contributed by atoms with Crippen LogP contribution in [0.3, 0.4) is 0 Å². The standard InChI is InChI=1S/C19H24N4O4/c1-22-12-16(19(21-22)27-2)18(26)20-14-5-3-13(4-6-14)11-17(25)23-9-7-15(24)8-10-23/h3-6,12,15,24H,7-11H2,1-2H3,(H,20,26). The van der Waals surface area contributed by atoms with E-state index in [0.29, 0.717) is 43.6 Å². The van der Waals surface area contributed by atoms with Crippen LogP contribution in [0.15, 0.2) is 30.5 Å². The number of piperidine rings is 1. The molecule has 0 atom stereocenters. The summed E-state index contributed by atoms with van der Waals surface area (Å²) in [7, 11) is 3.18. The molecule has 0 saturated carbocycles. The zero-order valence-corrected chi connectivity index (χ0v) is 15.5. The van der Waals surface area contributed by atoms with Gasteiger partial charge in [0.05, 0.1) is 19.6 Å². The molecule has 8 nitrogen and oxygen atoms in total. The predicted molar refractivity (Wildman–Crippen MR) is 99.7 cm³/mol. The maximum Gasteiger partial charge on any atom is 0.262 e. The van der Waals surface area contributed by atoms with Crippen LogP contribution in [0.25, 0.3) is 0 Å². The topological polar surface area (TPSA) is 96.7 Å². The van der Waals surface area contributed by atoms with E-state index in [4.69, 9.17) is 4.74 Å². The van der Waals surface area contributed by atoms with Gasteiger partial charge in [-0.15, -0.1) is 5.10 Å². The van der Waals surface area contributed by atoms with Crippen LogP contribution in [0.5, 0.6) is 5.88 Å². The fourth-order valence-electron chi connectivity index (χ4n) is 3.08. The summed E-state index contributed by atoms with van der Waals surface area (Å²) in [5.74, 6) is 0.0123. The maximum absolute atomic E-state index is 12.4. The van der Waals surface area contributed by atoms with Crippen LogP contribution in [0, 0.1) is 0 Å². The van der Waals surface area contributed by atoms with Gasteiger partial charge in [0.15, 0.2) is 0 Å². The summed E-state index contributed by atoms with van der Waals surface area (Å²) in [6.45, 7) is 1.20. The Morgan fingerprint density at radius 3 is 2.56 bits per heavy atom. The summed E-state index contributed by atoms with van der Waals surface area (Å²) in [5, 5.41) is 16.4. The highest BCUT2D eigenvalue weighted by Crippen LogP contribution is 2.18. The van der Waals surface area contributed by atoms with Crippen LogP contribution in [0.2, 0.25) is 0 Å². The van der Waals surface area contributed by atoms with Gasteiger partial charge < -0.3 is 20.1 Å². The SMILES string of the molecule is COc1nn(C)cc1C(=O)Nc1ccc(CC(=O)N2CCC(O)CC2)cc1. The van der Waals surface area contributed by atoms with Gasteiger partial charge in [-0.3, -0.25) is 14.3 Å². The van der Waals surface area contributed by atoms with Crippen molar-refractivity contribution in [2.24, 2.45) is 7.05 Å². The number of methoxy groups -OCH3 is 1. The van der Waals surface area contributed by atoms with E-state index in [1.807, 2.05) is 12.1 Å². The van der Waals surface area contributed by atoms with Crippen molar-refractivity contribution in [2.45, 2.75) is 25.4 Å². The number of aryl methyl sites for hydroxylation is 1. The number of amides is 2. The summed E-state index contributed by atoms with van der Waals surface area (Å²) < 4.78 is 6.62. The summed E-state index contributed by atoms with van der Waals surface area (Å²) in [6, 6.07) is 7.19. The van der Waals surface area contributed by atoms with Crippen molar-refractivity contribution >= 4 is 17.5 Å². The van der Waals surface area contributed by atoms with E-state index in [9.17, 15) is 14.7 Å². The van der Waals surface area contributed by atoms with Crippen molar-refractivity contribution < 1.29 is 19.4 Å². The second-order valence-electron chi connectivity index (χ2n) is 6.67. The van der Waals surface area contributed by atoms with Gasteiger partial charge in [0.1, 0.15) is 5.56 Å². The number of likely N-dealkylation sites (tertiary alicyclic amines) is 1. The number of anilines is 1. The third-order valence-corrected chi connectivity index (χ3v) is 4.62. The fraction of sp³-hybridized carbons (Fsp3) is 0.421. The molecule has 2 heterocycles. The predicted octanol–water partition coefficient (Wildman–Crippen LogP) is 1.21. The first-order chi connectivity index (χ1) is 13.0. The highest BCUT2D eigenvalue weighted by Gasteiger charge is 2.21. The molecule has 1 aliphatic heterocycles. The Kier molecular flexibility index (Phi) is 5.75. The Morgan fingerprint density at radius 1 is 1.26 bits per heavy atom. The number of rotatable bonds is 5. The average Bonchev–Trinajstić information content (AvgIpc) is 3.05. The first-order valence-electron chi connectivity index (χ1n) is 8.90. The molecule has 27 heavy (non-hydrogen) atoms. The number of aromatic nitrogens is 2. The van der Waals surface area contributed by atoms with E-state index >= 15 is 0 Å². The van der Waals surface area contributed by atoms with Crippen LogP contribution < -0.4 is 10.1 Å². The van der Waals surface area contributed by atoms with Crippen molar-refractivity contribution in [2.75, 3.05) is 25.5 Å². The zero-order valence-electron chi connectivity index (χ0n) is 15.5. The Bertz CT molecular complexity index is 808. The Balaban J connectivity index is 1.58. The minimum absolute atomic E-state index is 0.0544. The number of nitrogens with zero attached hydrogens (tertiary/aromatic N) is 3. The monoisotopic (exact) mass is 372 g/mol. The maximum atomic E-state index is 12.4. The summed E-state index contributed by atoms with van der Waals surface area (Å²) in [5.41, 5.74) is 1.86. The number of carbonyl (C=O) groups excluding carboxylic acids is 2. The van der Waals surface area contributed by atoms with Crippen LogP contribution in [0.4, 0.5) is 5.69 Å². The van der Waals surface area contributed by atoms with Gasteiger partial charge in [0, 0.05) is 32.0 Å². The van der Waals surface area contributed by atoms with E-state index in [1.165, 1.54) is 11.8 Å². The van der Waals surface area contributed by atoms with E-state index in [-0.39, 0.29) is 23.8 Å². The van der Waals surface area contributed by atoms with Gasteiger partial charge in [-0.1, -0.05) is 12.1 Å². The zero-order chi connectivity index (χ0) is 19.4. The minimum Gasteiger partial charge on any atom is -0.479 e. The molecule has 1 aromatic heterocycles. The van der Waals surface area contributed by atoms with Gasteiger partial charge in [-0.05, 0) is 30.5 Å². The molecular formula is C19H24N4O4. The number of nitrogens with one attached hydrogen (secondary N) is 1. The van der Waals surface area contributed by atoms with E-state index in [0.717, 1.165) is 5.56 Å². The molecule has 144 valence electrons. The lowest BCUT2D eigenvalue weighted by Crippen LogP contribution is -2.40. The second-order valence-corrected chi connectivity index (χ2v) is 6.67. The summed E-state index contributed by atoms with van der Waals surface area (Å²) >= 11 is 0. The van der Waals surface area contributed by atoms with E-state index in [1.54, 1.807) is 30.3 Å². The first kappa shape index (κ1) is 18.9. The highest BCUT2D eigenvalue weighted by atomic mass is 16.5. The van der Waals surface area contributed by atoms with Crippen molar-refractivity contribution in [3.8, 4) is 5.88 Å². The van der Waals surface area contributed by atoms with Crippen LogP contribution in [-0.4, -0.2) is 57.9 Å². The third-order valence-electron chi connectivity index (χ3n) is 4.62. The molecule has 0 bridgehead atoms. The molecule has 1 saturated heterocycles. The van der Waals surface area contributed by atoms with Crippen LogP contribution >= 0.6 is 0 Å². The van der Waals surface area contributed by atoms with Crippen molar-refractivity contribution in [1.82, 2.24) is 14.7 Å². The number of hydrogen-bond donors (Lipinski definition) is 2. The van der Waals surface area contributed by atoms with Crippen molar-refractivity contribution in [3.63, 3.8) is 0 Å². The number of ether oxygens (including phenoxy) is 1. The quantitative estimate of drug-likeness (QED) is 0.822. The molecule has 0 spiro atoms. The average molecular weight is 372 g/mol. The molecule has 0 radical (unpaired) electrons. The Hall–Kier alpha value is -2.87. The summed E-state index contributed by atoms with van der Waals surface area (Å²) in [4.78, 5) is 26.5. The van der Waals surface area contributed by atoms with Crippen molar-refractivity contribution in [3.05, 3.63) is 41.6 Å². The molecule has 1 fully saturated rings. The normalized spacial score (nSPS) is 14.9. The molecule has 2 N–H and O–H groups in total. The first-order valence-corrected chi connectivity index (χ1v) is 8.90. The number of aliphatic hydroxyl groups excluding tert-OH is 1. The lowest BCUT2D eigenvalue weighted by Gasteiger charge is -2.29. The van der Waals surface area contributed by atoms with Gasteiger partial charge in [-0.25, -0.2) is 0 Å². The smallest absolute Gasteiger partial charge is 0.262 e. The molecule has 0 aliphatic carbocycles. The molecule has 3 rings (SSSR count). The summed E-state index contributed by atoms with van der Waals surface area (Å²) in [6.07, 6.45) is 2.87. The number of hydrogen-bond acceptors (Lipinski definition) is 5. The van der Waals surface area contributed by atoms with Crippen LogP contribution in [-0.2, 0) is 18.3 Å². The van der Waals surface area contributed by atoms with Crippen molar-refractivity contribution in [1.29, 1.82) is 0 Å². The number of carbonyl (C=O) groups is 2. The lowest BCUT2D eigenvalue weighted by molar-refractivity contribution is -0.132. The number of benzene rings is 1. The molecule has 0 unspecified atom stereocenters. The van der Waals surface area contributed by atoms with Gasteiger partial charge in [0.2, 0.25) is 11.8 Å². The molecule has 2 amide bonds. The fourth-order valence-corrected chi connectivity index (χ4v) is 3.08. The van der Waals surface area contributed by atoms with E-state index in [2.05, 4.69) is 10.4 Å². The largest absolute Gasteiger partial charge is 0.479 e. The van der Waals surface area contributed by atoms with Gasteiger partial charge in [-0.2, -0.15) is 0 Å². The van der Waals surface area contributed by atoms with E-state index < -0.39 is 0 Å². The van der Waals surface area contributed by atoms with Gasteiger partial charge in [0.25, 0.3) is 5.91 Å². The second kappa shape index (κ2) is 8.22. The molecule has 1 aromatic carbocycles. The molecule has 1 aliphatic rings. The highest BCUT2D eigenvalue weighted by molar-refractivity contribution is 6.05. The number of aliphatic hydroxyl groups is 1. The van der Waals surface area contributed by atoms with Crippen LogP contribution in [0.1, 0.15) is 28.8 Å². The Morgan fingerprint density at radius 2 is 1.93 bits per heavy atom. The minimum atomic E-state index is -0.310. The Labute approximate surface area is 157 Å². The molecular weight excluding hydrogens is 348 g/mol. The molecule has 2 aromatic rings. The molecule has 8 heteroatoms.